The van der Waals surface area contributed by atoms with Crippen LogP contribution in [0, 0.1) is 0 Å². The van der Waals surface area contributed by atoms with Gasteiger partial charge in [0, 0.05) is 6.61 Å². The molecule has 0 spiro atoms. The fourth-order valence-corrected chi connectivity index (χ4v) is 1.97. The summed E-state index contributed by atoms with van der Waals surface area (Å²) in [6.07, 6.45) is 2.76. The van der Waals surface area contributed by atoms with E-state index in [1.54, 1.807) is 0 Å². The summed E-state index contributed by atoms with van der Waals surface area (Å²) in [5.41, 5.74) is 0.502. The maximum atomic E-state index is 11.0. The summed E-state index contributed by atoms with van der Waals surface area (Å²) in [6, 6.07) is 0. The number of rotatable bonds is 3. The lowest BCUT2D eigenvalue weighted by atomic mass is 10.1. The van der Waals surface area contributed by atoms with Gasteiger partial charge < -0.3 is 14.3 Å². The van der Waals surface area contributed by atoms with Crippen LogP contribution in [0.4, 0.5) is 0 Å². The molecule has 0 amide bonds. The van der Waals surface area contributed by atoms with Crippen molar-refractivity contribution in [1.29, 1.82) is 0 Å². The lowest BCUT2D eigenvalue weighted by molar-refractivity contribution is -0.00229. The topological polar surface area (TPSA) is 72.6 Å². The number of ether oxygens (including phenoxy) is 1. The van der Waals surface area contributed by atoms with Crippen molar-refractivity contribution in [2.45, 2.75) is 45.1 Å². The maximum absolute atomic E-state index is 11.0. The Bertz CT molecular complexity index is 405. The first-order chi connectivity index (χ1) is 8.09. The van der Waals surface area contributed by atoms with E-state index in [2.05, 4.69) is 4.98 Å². The van der Waals surface area contributed by atoms with E-state index in [1.807, 2.05) is 13.8 Å². The highest BCUT2D eigenvalue weighted by molar-refractivity contribution is 5.85. The monoisotopic (exact) mass is 239 g/mol. The van der Waals surface area contributed by atoms with Crippen molar-refractivity contribution in [3.8, 4) is 0 Å². The third-order valence-electron chi connectivity index (χ3n) is 2.87. The molecule has 1 fully saturated rings. The van der Waals surface area contributed by atoms with Crippen molar-refractivity contribution < 1.29 is 19.1 Å². The molecule has 1 atom stereocenters. The van der Waals surface area contributed by atoms with Gasteiger partial charge in [-0.25, -0.2) is 9.78 Å². The molecule has 1 unspecified atom stereocenters. The Morgan fingerprint density at radius 1 is 1.47 bits per heavy atom. The van der Waals surface area contributed by atoms with Gasteiger partial charge in [0.1, 0.15) is 6.10 Å². The Labute approximate surface area is 99.8 Å². The van der Waals surface area contributed by atoms with Gasteiger partial charge in [-0.05, 0) is 25.2 Å². The SMILES string of the molecule is CC(C)c1nc(C2CCCCO2)oc1C(=O)O. The van der Waals surface area contributed by atoms with E-state index in [0.717, 1.165) is 19.3 Å². The Morgan fingerprint density at radius 2 is 2.24 bits per heavy atom. The van der Waals surface area contributed by atoms with Gasteiger partial charge in [0.2, 0.25) is 11.7 Å². The number of aromatic carboxylic acids is 1. The summed E-state index contributed by atoms with van der Waals surface area (Å²) in [5, 5.41) is 9.05. The van der Waals surface area contributed by atoms with E-state index in [-0.39, 0.29) is 17.8 Å². The number of carboxylic acids is 1. The number of oxazole rings is 1. The standard InChI is InChI=1S/C12H17NO4/c1-7(2)9-10(12(14)15)17-11(13-9)8-5-3-4-6-16-8/h7-8H,3-6H2,1-2H3,(H,14,15). The lowest BCUT2D eigenvalue weighted by Crippen LogP contribution is -2.11. The predicted molar refractivity (Wildman–Crippen MR) is 60.1 cm³/mol. The van der Waals surface area contributed by atoms with Gasteiger partial charge in [0.05, 0.1) is 5.69 Å². The van der Waals surface area contributed by atoms with Crippen molar-refractivity contribution in [1.82, 2.24) is 4.98 Å². The first-order valence-corrected chi connectivity index (χ1v) is 5.95. The van der Waals surface area contributed by atoms with Crippen LogP contribution in [0.1, 0.15) is 67.3 Å². The molecule has 1 N–H and O–H groups in total. The second-order valence-corrected chi connectivity index (χ2v) is 4.58. The summed E-state index contributed by atoms with van der Waals surface area (Å²) in [6.45, 7) is 4.48. The second kappa shape index (κ2) is 4.87. The molecule has 1 aromatic heterocycles. The van der Waals surface area contributed by atoms with Gasteiger partial charge >= 0.3 is 5.97 Å². The van der Waals surface area contributed by atoms with E-state index in [0.29, 0.717) is 18.2 Å². The zero-order chi connectivity index (χ0) is 12.4. The number of aromatic nitrogens is 1. The summed E-state index contributed by atoms with van der Waals surface area (Å²) in [5.74, 6) is -0.680. The summed E-state index contributed by atoms with van der Waals surface area (Å²) < 4.78 is 10.9. The van der Waals surface area contributed by atoms with Crippen LogP contribution >= 0.6 is 0 Å². The molecule has 0 saturated carbocycles. The fourth-order valence-electron chi connectivity index (χ4n) is 1.97. The molecule has 1 aliphatic rings. The number of carboxylic acid groups (broad SMARTS) is 1. The first kappa shape index (κ1) is 12.1. The molecule has 1 saturated heterocycles. The number of hydrogen-bond donors (Lipinski definition) is 1. The summed E-state index contributed by atoms with van der Waals surface area (Å²) in [4.78, 5) is 15.3. The molecular formula is C12H17NO4. The van der Waals surface area contributed by atoms with Gasteiger partial charge in [-0.15, -0.1) is 0 Å². The summed E-state index contributed by atoms with van der Waals surface area (Å²) in [7, 11) is 0. The Hall–Kier alpha value is -1.36. The van der Waals surface area contributed by atoms with Crippen molar-refractivity contribution in [3.05, 3.63) is 17.3 Å². The maximum Gasteiger partial charge on any atom is 0.373 e. The second-order valence-electron chi connectivity index (χ2n) is 4.58. The molecule has 0 aromatic carbocycles. The van der Waals surface area contributed by atoms with Crippen molar-refractivity contribution in [3.63, 3.8) is 0 Å². The van der Waals surface area contributed by atoms with Gasteiger partial charge in [-0.3, -0.25) is 0 Å². The molecule has 1 aliphatic heterocycles. The highest BCUT2D eigenvalue weighted by Gasteiger charge is 2.27. The molecular weight excluding hydrogens is 222 g/mol. The van der Waals surface area contributed by atoms with Crippen LogP contribution in [0.2, 0.25) is 0 Å². The van der Waals surface area contributed by atoms with Crippen LogP contribution in [0.25, 0.3) is 0 Å². The third-order valence-corrected chi connectivity index (χ3v) is 2.87. The Kier molecular flexibility index (Phi) is 3.47. The number of hydrogen-bond acceptors (Lipinski definition) is 4. The molecule has 2 heterocycles. The molecule has 0 aliphatic carbocycles. The van der Waals surface area contributed by atoms with Crippen LogP contribution in [0.3, 0.4) is 0 Å². The average molecular weight is 239 g/mol. The van der Waals surface area contributed by atoms with Gasteiger partial charge in [0.25, 0.3) is 0 Å². The largest absolute Gasteiger partial charge is 0.475 e. The molecule has 94 valence electrons. The van der Waals surface area contributed by atoms with Gasteiger partial charge in [0.15, 0.2) is 0 Å². The Balaban J connectivity index is 2.29. The zero-order valence-electron chi connectivity index (χ0n) is 10.1. The van der Waals surface area contributed by atoms with Crippen LogP contribution < -0.4 is 0 Å². The van der Waals surface area contributed by atoms with Crippen molar-refractivity contribution >= 4 is 5.97 Å². The predicted octanol–water partition coefficient (Wildman–Crippen LogP) is 2.74. The minimum atomic E-state index is -1.07. The van der Waals surface area contributed by atoms with E-state index >= 15 is 0 Å². The lowest BCUT2D eigenvalue weighted by Gasteiger charge is -2.19. The molecule has 5 nitrogen and oxygen atoms in total. The molecule has 2 rings (SSSR count). The van der Waals surface area contributed by atoms with E-state index in [1.165, 1.54) is 0 Å². The van der Waals surface area contributed by atoms with E-state index in [9.17, 15) is 4.79 Å². The van der Waals surface area contributed by atoms with Crippen molar-refractivity contribution in [2.24, 2.45) is 0 Å². The number of nitrogens with zero attached hydrogens (tertiary/aromatic N) is 1. The summed E-state index contributed by atoms with van der Waals surface area (Å²) >= 11 is 0. The normalized spacial score (nSPS) is 20.8. The highest BCUT2D eigenvalue weighted by Crippen LogP contribution is 2.30. The fraction of sp³-hybridized carbons (Fsp3) is 0.667. The van der Waals surface area contributed by atoms with Crippen LogP contribution in [-0.2, 0) is 4.74 Å². The molecule has 1 aromatic rings. The van der Waals surface area contributed by atoms with E-state index < -0.39 is 5.97 Å². The minimum Gasteiger partial charge on any atom is -0.475 e. The highest BCUT2D eigenvalue weighted by atomic mass is 16.5. The molecule has 17 heavy (non-hydrogen) atoms. The third kappa shape index (κ3) is 2.49. The molecule has 0 bridgehead atoms. The quantitative estimate of drug-likeness (QED) is 0.877. The minimum absolute atomic E-state index is 0.0298. The Morgan fingerprint density at radius 3 is 2.71 bits per heavy atom. The number of carbonyl (C=O) groups is 1. The van der Waals surface area contributed by atoms with Crippen molar-refractivity contribution in [2.75, 3.05) is 6.61 Å². The van der Waals surface area contributed by atoms with Gasteiger partial charge in [-0.2, -0.15) is 0 Å². The molecule has 0 radical (unpaired) electrons. The molecule has 5 heteroatoms. The van der Waals surface area contributed by atoms with Crippen LogP contribution in [-0.4, -0.2) is 22.7 Å². The van der Waals surface area contributed by atoms with Crippen LogP contribution in [0.5, 0.6) is 0 Å². The van der Waals surface area contributed by atoms with E-state index in [4.69, 9.17) is 14.3 Å². The van der Waals surface area contributed by atoms with Crippen LogP contribution in [0.15, 0.2) is 4.42 Å². The first-order valence-electron chi connectivity index (χ1n) is 5.95. The smallest absolute Gasteiger partial charge is 0.373 e. The zero-order valence-corrected chi connectivity index (χ0v) is 10.1. The average Bonchev–Trinajstić information content (AvgIpc) is 2.75. The van der Waals surface area contributed by atoms with Gasteiger partial charge in [-0.1, -0.05) is 13.8 Å².